The lowest BCUT2D eigenvalue weighted by atomic mass is 10.1. The normalized spacial score (nSPS) is 18.4. The minimum absolute atomic E-state index is 0.339. The van der Waals surface area contributed by atoms with Crippen molar-refractivity contribution in [1.82, 2.24) is 19.9 Å². The number of anilines is 2. The summed E-state index contributed by atoms with van der Waals surface area (Å²) >= 11 is 6.18. The van der Waals surface area contributed by atoms with Gasteiger partial charge in [-0.1, -0.05) is 17.7 Å². The fourth-order valence-corrected chi connectivity index (χ4v) is 3.12. The Hall–Kier alpha value is -1.92. The molecule has 128 valence electrons. The third kappa shape index (κ3) is 4.33. The summed E-state index contributed by atoms with van der Waals surface area (Å²) in [7, 11) is 3.96. The molecule has 0 spiro atoms. The number of aromatic nitrogens is 3. The molecule has 1 fully saturated rings. The van der Waals surface area contributed by atoms with E-state index >= 15 is 0 Å². The van der Waals surface area contributed by atoms with Crippen LogP contribution in [0, 0.1) is 0 Å². The molecule has 7 heteroatoms. The zero-order chi connectivity index (χ0) is 16.9. The molecule has 1 atom stereocenters. The highest BCUT2D eigenvalue weighted by Crippen LogP contribution is 2.19. The molecule has 0 amide bonds. The van der Waals surface area contributed by atoms with Crippen molar-refractivity contribution in [3.05, 3.63) is 41.3 Å². The number of nitrogens with one attached hydrogen (secondary N) is 1. The third-order valence-electron chi connectivity index (χ3n) is 4.17. The summed E-state index contributed by atoms with van der Waals surface area (Å²) in [6.07, 6.45) is 5.78. The molecule has 2 aromatic heterocycles. The molecule has 1 aliphatic rings. The minimum atomic E-state index is 0.339. The van der Waals surface area contributed by atoms with Crippen molar-refractivity contribution in [3.8, 4) is 0 Å². The number of halogens is 1. The number of hydrogen-bond acceptors (Lipinski definition) is 6. The molecule has 6 nitrogen and oxygen atoms in total. The molecule has 3 rings (SSSR count). The van der Waals surface area contributed by atoms with Crippen LogP contribution in [0.4, 0.5) is 11.8 Å². The predicted octanol–water partition coefficient (Wildman–Crippen LogP) is 2.67. The molecule has 24 heavy (non-hydrogen) atoms. The summed E-state index contributed by atoms with van der Waals surface area (Å²) in [4.78, 5) is 17.4. The van der Waals surface area contributed by atoms with Crippen molar-refractivity contribution >= 4 is 23.4 Å². The maximum Gasteiger partial charge on any atom is 0.224 e. The third-order valence-corrected chi connectivity index (χ3v) is 4.51. The highest BCUT2D eigenvalue weighted by molar-refractivity contribution is 6.30. The smallest absolute Gasteiger partial charge is 0.224 e. The number of rotatable bonds is 5. The van der Waals surface area contributed by atoms with Gasteiger partial charge < -0.3 is 10.2 Å². The lowest BCUT2D eigenvalue weighted by Gasteiger charge is -2.33. The van der Waals surface area contributed by atoms with Gasteiger partial charge in [-0.3, -0.25) is 4.90 Å². The lowest BCUT2D eigenvalue weighted by Crippen LogP contribution is -2.42. The first-order valence-corrected chi connectivity index (χ1v) is 8.58. The van der Waals surface area contributed by atoms with Gasteiger partial charge in [-0.25, -0.2) is 9.97 Å². The van der Waals surface area contributed by atoms with Gasteiger partial charge in [0.1, 0.15) is 11.0 Å². The van der Waals surface area contributed by atoms with Gasteiger partial charge in [0.25, 0.3) is 0 Å². The molecule has 1 aliphatic heterocycles. The molecule has 0 radical (unpaired) electrons. The summed E-state index contributed by atoms with van der Waals surface area (Å²) in [5.74, 6) is 1.59. The number of nitrogens with zero attached hydrogens (tertiary/aromatic N) is 5. The summed E-state index contributed by atoms with van der Waals surface area (Å²) < 4.78 is 0. The van der Waals surface area contributed by atoms with Gasteiger partial charge in [0.2, 0.25) is 5.95 Å². The van der Waals surface area contributed by atoms with Gasteiger partial charge in [-0.15, -0.1) is 0 Å². The number of pyridine rings is 1. The van der Waals surface area contributed by atoms with E-state index in [1.165, 1.54) is 0 Å². The van der Waals surface area contributed by atoms with E-state index in [-0.39, 0.29) is 0 Å². The van der Waals surface area contributed by atoms with E-state index in [2.05, 4.69) is 25.2 Å². The summed E-state index contributed by atoms with van der Waals surface area (Å²) in [5, 5.41) is 4.06. The van der Waals surface area contributed by atoms with Crippen molar-refractivity contribution in [2.75, 3.05) is 37.4 Å². The monoisotopic (exact) mass is 346 g/mol. The highest BCUT2D eigenvalue weighted by Gasteiger charge is 2.21. The van der Waals surface area contributed by atoms with Crippen LogP contribution in [0.3, 0.4) is 0 Å². The van der Waals surface area contributed by atoms with Crippen LogP contribution in [0.1, 0.15) is 18.4 Å². The molecule has 1 unspecified atom stereocenters. The summed E-state index contributed by atoms with van der Waals surface area (Å²) in [6, 6.07) is 6.21. The fraction of sp³-hybridized carbons (Fsp3) is 0.471. The van der Waals surface area contributed by atoms with Crippen LogP contribution in [0.2, 0.25) is 5.15 Å². The molecule has 2 aromatic rings. The average molecular weight is 347 g/mol. The summed E-state index contributed by atoms with van der Waals surface area (Å²) in [5.41, 5.74) is 1.07. The zero-order valence-corrected chi connectivity index (χ0v) is 14.9. The van der Waals surface area contributed by atoms with E-state index in [1.54, 1.807) is 12.4 Å². The van der Waals surface area contributed by atoms with E-state index in [1.807, 2.05) is 37.2 Å². The van der Waals surface area contributed by atoms with Gasteiger partial charge in [-0.2, -0.15) is 4.98 Å². The number of hydrogen-bond donors (Lipinski definition) is 1. The van der Waals surface area contributed by atoms with E-state index in [9.17, 15) is 0 Å². The number of piperidine rings is 1. The highest BCUT2D eigenvalue weighted by atomic mass is 35.5. The van der Waals surface area contributed by atoms with E-state index < -0.39 is 0 Å². The second-order valence-corrected chi connectivity index (χ2v) is 6.66. The van der Waals surface area contributed by atoms with Crippen molar-refractivity contribution in [2.45, 2.75) is 25.4 Å². The van der Waals surface area contributed by atoms with Crippen LogP contribution in [0.5, 0.6) is 0 Å². The van der Waals surface area contributed by atoms with E-state index in [4.69, 9.17) is 11.6 Å². The second kappa shape index (κ2) is 7.77. The first-order chi connectivity index (χ1) is 11.6. The second-order valence-electron chi connectivity index (χ2n) is 6.30. The van der Waals surface area contributed by atoms with Crippen LogP contribution in [0.15, 0.2) is 30.6 Å². The molecule has 1 saturated heterocycles. The van der Waals surface area contributed by atoms with Gasteiger partial charge in [0.15, 0.2) is 0 Å². The largest absolute Gasteiger partial charge is 0.363 e. The van der Waals surface area contributed by atoms with Gasteiger partial charge in [0.05, 0.1) is 0 Å². The Balaban J connectivity index is 1.61. The quantitative estimate of drug-likeness (QED) is 0.840. The first kappa shape index (κ1) is 16.9. The number of likely N-dealkylation sites (tertiary alicyclic amines) is 1. The Morgan fingerprint density at radius 3 is 2.96 bits per heavy atom. The molecule has 0 aromatic carbocycles. The maximum atomic E-state index is 6.18. The molecule has 1 N–H and O–H groups in total. The molecular weight excluding hydrogens is 324 g/mol. The Labute approximate surface area is 147 Å². The van der Waals surface area contributed by atoms with Crippen molar-refractivity contribution in [1.29, 1.82) is 0 Å². The van der Waals surface area contributed by atoms with E-state index in [0.717, 1.165) is 43.9 Å². The van der Waals surface area contributed by atoms with Gasteiger partial charge in [0, 0.05) is 51.2 Å². The minimum Gasteiger partial charge on any atom is -0.363 e. The van der Waals surface area contributed by atoms with Crippen LogP contribution < -0.4 is 10.2 Å². The Morgan fingerprint density at radius 1 is 1.29 bits per heavy atom. The molecular formula is C17H23ClN6. The molecule has 0 bridgehead atoms. The van der Waals surface area contributed by atoms with Crippen molar-refractivity contribution in [3.63, 3.8) is 0 Å². The maximum absolute atomic E-state index is 6.18. The zero-order valence-electron chi connectivity index (χ0n) is 14.1. The fourth-order valence-electron chi connectivity index (χ4n) is 2.95. The van der Waals surface area contributed by atoms with Crippen LogP contribution >= 0.6 is 11.6 Å². The summed E-state index contributed by atoms with van der Waals surface area (Å²) in [6.45, 7) is 2.84. The van der Waals surface area contributed by atoms with Crippen molar-refractivity contribution in [2.24, 2.45) is 0 Å². The lowest BCUT2D eigenvalue weighted by molar-refractivity contribution is 0.208. The van der Waals surface area contributed by atoms with Crippen molar-refractivity contribution < 1.29 is 0 Å². The van der Waals surface area contributed by atoms with Gasteiger partial charge in [-0.05, 0) is 31.5 Å². The van der Waals surface area contributed by atoms with Crippen LogP contribution in [-0.4, -0.2) is 53.1 Å². The average Bonchev–Trinajstić information content (AvgIpc) is 2.57. The molecule has 0 saturated carbocycles. The van der Waals surface area contributed by atoms with Crippen LogP contribution in [0.25, 0.3) is 0 Å². The predicted molar refractivity (Wildman–Crippen MR) is 97.5 cm³/mol. The Kier molecular flexibility index (Phi) is 5.48. The molecule has 3 heterocycles. The van der Waals surface area contributed by atoms with Gasteiger partial charge >= 0.3 is 0 Å². The molecule has 0 aliphatic carbocycles. The topological polar surface area (TPSA) is 57.2 Å². The Bertz CT molecular complexity index is 678. The first-order valence-electron chi connectivity index (χ1n) is 8.20. The Morgan fingerprint density at radius 2 is 2.17 bits per heavy atom. The SMILES string of the molecule is CN(C)c1ccnc(NC2CCCN(Cc3cccnc3Cl)C2)n1. The van der Waals surface area contributed by atoms with E-state index in [0.29, 0.717) is 17.1 Å². The van der Waals surface area contributed by atoms with Crippen LogP contribution in [-0.2, 0) is 6.54 Å². The standard InChI is InChI=1S/C17H23ClN6/c1-23(2)15-7-9-20-17(22-15)21-14-6-4-10-24(12-14)11-13-5-3-8-19-16(13)18/h3,5,7-9,14H,4,6,10-12H2,1-2H3,(H,20,21,22).